The molecule has 0 aliphatic carbocycles. The maximum absolute atomic E-state index is 12.4. The van der Waals surface area contributed by atoms with E-state index in [9.17, 15) is 13.2 Å². The molecule has 0 aliphatic heterocycles. The summed E-state index contributed by atoms with van der Waals surface area (Å²) in [6.07, 6.45) is -4.28. The van der Waals surface area contributed by atoms with Crippen LogP contribution in [0.25, 0.3) is 0 Å². The highest BCUT2D eigenvalue weighted by molar-refractivity contribution is 5.48. The Hall–Kier alpha value is -1.43. The Bertz CT molecular complexity index is 355. The van der Waals surface area contributed by atoms with Crippen molar-refractivity contribution in [2.75, 3.05) is 25.5 Å². The Kier molecular flexibility index (Phi) is 4.62. The van der Waals surface area contributed by atoms with Gasteiger partial charge in [0.05, 0.1) is 13.0 Å². The SMILES string of the molecule is COc1cccc(NCC(CN)C(F)(F)F)c1. The minimum Gasteiger partial charge on any atom is -0.497 e. The van der Waals surface area contributed by atoms with Crippen molar-refractivity contribution in [3.63, 3.8) is 0 Å². The molecule has 0 saturated heterocycles. The lowest BCUT2D eigenvalue weighted by Crippen LogP contribution is -2.35. The molecule has 17 heavy (non-hydrogen) atoms. The highest BCUT2D eigenvalue weighted by Crippen LogP contribution is 2.26. The Morgan fingerprint density at radius 3 is 2.65 bits per heavy atom. The van der Waals surface area contributed by atoms with Crippen LogP contribution in [0.15, 0.2) is 24.3 Å². The third-order valence-electron chi connectivity index (χ3n) is 2.37. The Morgan fingerprint density at radius 1 is 1.41 bits per heavy atom. The standard InChI is InChI=1S/C11H15F3N2O/c1-17-10-4-2-3-9(5-10)16-7-8(6-15)11(12,13)14/h2-5,8,16H,6-7,15H2,1H3. The predicted octanol–water partition coefficient (Wildman–Crippen LogP) is 2.24. The molecule has 0 fully saturated rings. The zero-order valence-corrected chi connectivity index (χ0v) is 9.42. The number of rotatable bonds is 5. The van der Waals surface area contributed by atoms with Crippen LogP contribution in [0.4, 0.5) is 18.9 Å². The van der Waals surface area contributed by atoms with Crippen molar-refractivity contribution in [2.24, 2.45) is 11.7 Å². The van der Waals surface area contributed by atoms with Gasteiger partial charge in [0.1, 0.15) is 5.75 Å². The summed E-state index contributed by atoms with van der Waals surface area (Å²) in [5.74, 6) is -0.958. The summed E-state index contributed by atoms with van der Waals surface area (Å²) in [6, 6.07) is 6.72. The van der Waals surface area contributed by atoms with Crippen molar-refractivity contribution in [1.82, 2.24) is 0 Å². The number of hydrogen-bond acceptors (Lipinski definition) is 3. The number of alkyl halides is 3. The van der Waals surface area contributed by atoms with Gasteiger partial charge in [0, 0.05) is 24.8 Å². The first-order valence-corrected chi connectivity index (χ1v) is 5.12. The van der Waals surface area contributed by atoms with Gasteiger partial charge in [-0.25, -0.2) is 0 Å². The summed E-state index contributed by atoms with van der Waals surface area (Å²) >= 11 is 0. The summed E-state index contributed by atoms with van der Waals surface area (Å²) in [4.78, 5) is 0. The van der Waals surface area contributed by atoms with Gasteiger partial charge < -0.3 is 15.8 Å². The molecule has 96 valence electrons. The third kappa shape index (κ3) is 4.14. The predicted molar refractivity (Wildman–Crippen MR) is 60.1 cm³/mol. The Balaban J connectivity index is 2.59. The molecule has 1 atom stereocenters. The van der Waals surface area contributed by atoms with Gasteiger partial charge in [0.25, 0.3) is 0 Å². The maximum atomic E-state index is 12.4. The monoisotopic (exact) mass is 248 g/mol. The van der Waals surface area contributed by atoms with E-state index in [1.807, 2.05) is 0 Å². The van der Waals surface area contributed by atoms with Crippen molar-refractivity contribution < 1.29 is 17.9 Å². The van der Waals surface area contributed by atoms with Gasteiger partial charge in [-0.1, -0.05) is 6.07 Å². The minimum atomic E-state index is -4.28. The number of nitrogens with two attached hydrogens (primary N) is 1. The number of methoxy groups -OCH3 is 1. The van der Waals surface area contributed by atoms with Crippen molar-refractivity contribution in [3.05, 3.63) is 24.3 Å². The van der Waals surface area contributed by atoms with Crippen LogP contribution in [0.1, 0.15) is 0 Å². The molecule has 0 amide bonds. The van der Waals surface area contributed by atoms with Crippen LogP contribution in [-0.4, -0.2) is 26.4 Å². The zero-order chi connectivity index (χ0) is 12.9. The van der Waals surface area contributed by atoms with E-state index in [1.165, 1.54) is 7.11 Å². The van der Waals surface area contributed by atoms with Crippen LogP contribution in [0, 0.1) is 5.92 Å². The van der Waals surface area contributed by atoms with Gasteiger partial charge in [0.2, 0.25) is 0 Å². The molecule has 0 aromatic heterocycles. The summed E-state index contributed by atoms with van der Waals surface area (Å²) in [5.41, 5.74) is 5.67. The van der Waals surface area contributed by atoms with Crippen LogP contribution < -0.4 is 15.8 Å². The first kappa shape index (κ1) is 13.6. The molecule has 1 rings (SSSR count). The van der Waals surface area contributed by atoms with Crippen LogP contribution in [-0.2, 0) is 0 Å². The molecular formula is C11H15F3N2O. The molecular weight excluding hydrogens is 233 g/mol. The molecule has 0 heterocycles. The second-order valence-corrected chi connectivity index (χ2v) is 3.59. The van der Waals surface area contributed by atoms with Gasteiger partial charge in [-0.05, 0) is 12.1 Å². The summed E-state index contributed by atoms with van der Waals surface area (Å²) in [7, 11) is 1.50. The summed E-state index contributed by atoms with van der Waals surface area (Å²) in [5, 5.41) is 2.70. The molecule has 0 aliphatic rings. The van der Waals surface area contributed by atoms with E-state index in [0.29, 0.717) is 11.4 Å². The molecule has 6 heteroatoms. The number of hydrogen-bond donors (Lipinski definition) is 2. The van der Waals surface area contributed by atoms with E-state index in [-0.39, 0.29) is 6.54 Å². The number of ether oxygens (including phenoxy) is 1. The fourth-order valence-electron chi connectivity index (χ4n) is 1.31. The van der Waals surface area contributed by atoms with Gasteiger partial charge >= 0.3 is 6.18 Å². The normalized spacial score (nSPS) is 13.2. The highest BCUT2D eigenvalue weighted by atomic mass is 19.4. The van der Waals surface area contributed by atoms with Crippen LogP contribution in [0.5, 0.6) is 5.75 Å². The fourth-order valence-corrected chi connectivity index (χ4v) is 1.31. The molecule has 0 spiro atoms. The lowest BCUT2D eigenvalue weighted by atomic mass is 10.1. The number of halogens is 3. The topological polar surface area (TPSA) is 47.3 Å². The first-order chi connectivity index (χ1) is 7.97. The largest absolute Gasteiger partial charge is 0.497 e. The highest BCUT2D eigenvalue weighted by Gasteiger charge is 2.38. The minimum absolute atomic E-state index is 0.243. The number of nitrogens with one attached hydrogen (secondary N) is 1. The van der Waals surface area contributed by atoms with Crippen LogP contribution >= 0.6 is 0 Å². The van der Waals surface area contributed by atoms with E-state index >= 15 is 0 Å². The van der Waals surface area contributed by atoms with Gasteiger partial charge in [-0.15, -0.1) is 0 Å². The Morgan fingerprint density at radius 2 is 2.12 bits per heavy atom. The smallest absolute Gasteiger partial charge is 0.394 e. The maximum Gasteiger partial charge on any atom is 0.394 e. The molecule has 3 nitrogen and oxygen atoms in total. The molecule has 0 saturated carbocycles. The molecule has 1 aromatic rings. The molecule has 1 aromatic carbocycles. The lowest BCUT2D eigenvalue weighted by Gasteiger charge is -2.19. The Labute approximate surface area is 97.8 Å². The van der Waals surface area contributed by atoms with Gasteiger partial charge in [-0.3, -0.25) is 0 Å². The first-order valence-electron chi connectivity index (χ1n) is 5.12. The molecule has 1 unspecified atom stereocenters. The van der Waals surface area contributed by atoms with E-state index in [2.05, 4.69) is 5.32 Å². The second kappa shape index (κ2) is 5.77. The van der Waals surface area contributed by atoms with E-state index in [4.69, 9.17) is 10.5 Å². The van der Waals surface area contributed by atoms with Crippen LogP contribution in [0.3, 0.4) is 0 Å². The zero-order valence-electron chi connectivity index (χ0n) is 9.42. The van der Waals surface area contributed by atoms with Crippen LogP contribution in [0.2, 0.25) is 0 Å². The van der Waals surface area contributed by atoms with Crippen molar-refractivity contribution in [1.29, 1.82) is 0 Å². The molecule has 0 bridgehead atoms. The summed E-state index contributed by atoms with van der Waals surface area (Å²) < 4.78 is 42.2. The number of anilines is 1. The van der Waals surface area contributed by atoms with Gasteiger partial charge in [-0.2, -0.15) is 13.2 Å². The quantitative estimate of drug-likeness (QED) is 0.840. The van der Waals surface area contributed by atoms with Crippen molar-refractivity contribution in [3.8, 4) is 5.75 Å². The second-order valence-electron chi connectivity index (χ2n) is 3.59. The van der Waals surface area contributed by atoms with E-state index in [1.54, 1.807) is 24.3 Å². The number of benzene rings is 1. The molecule has 0 radical (unpaired) electrons. The molecule has 3 N–H and O–H groups in total. The van der Waals surface area contributed by atoms with Crippen molar-refractivity contribution >= 4 is 5.69 Å². The van der Waals surface area contributed by atoms with E-state index < -0.39 is 18.6 Å². The lowest BCUT2D eigenvalue weighted by molar-refractivity contribution is -0.167. The van der Waals surface area contributed by atoms with Crippen molar-refractivity contribution in [2.45, 2.75) is 6.18 Å². The third-order valence-corrected chi connectivity index (χ3v) is 2.37. The average molecular weight is 248 g/mol. The average Bonchev–Trinajstić information content (AvgIpc) is 2.28. The van der Waals surface area contributed by atoms with Gasteiger partial charge in [0.15, 0.2) is 0 Å². The summed E-state index contributed by atoms with van der Waals surface area (Å²) in [6.45, 7) is -0.673. The van der Waals surface area contributed by atoms with E-state index in [0.717, 1.165) is 0 Å². The fraction of sp³-hybridized carbons (Fsp3) is 0.455.